The zero-order chi connectivity index (χ0) is 14.9. The minimum Gasteiger partial charge on any atom is -0.496 e. The highest BCUT2D eigenvalue weighted by Crippen LogP contribution is 2.35. The zero-order valence-corrected chi connectivity index (χ0v) is 13.4. The molecule has 0 aliphatic heterocycles. The van der Waals surface area contributed by atoms with E-state index >= 15 is 0 Å². The van der Waals surface area contributed by atoms with Crippen LogP contribution in [0.5, 0.6) is 5.75 Å². The summed E-state index contributed by atoms with van der Waals surface area (Å²) in [6, 6.07) is 8.29. The number of hydrogen-bond donors (Lipinski definition) is 1. The average molecular weight is 359 g/mol. The lowest BCUT2D eigenvalue weighted by molar-refractivity contribution is 0.407. The standard InChI is InChI=1S/C15H14BrClFNO/c1-8-3-6-12(20-2)10(7-8)15(19)9-4-5-11(16)13(17)14(9)18/h3-7,15H,19H2,1-2H3. The molecule has 0 aliphatic carbocycles. The number of ether oxygens (including phenoxy) is 1. The quantitative estimate of drug-likeness (QED) is 0.813. The predicted octanol–water partition coefficient (Wildman–Crippen LogP) is 4.61. The number of aryl methyl sites for hydroxylation is 1. The molecule has 0 aromatic heterocycles. The number of rotatable bonds is 3. The van der Waals surface area contributed by atoms with E-state index in [0.717, 1.165) is 11.1 Å². The molecule has 106 valence electrons. The van der Waals surface area contributed by atoms with Gasteiger partial charge in [0.2, 0.25) is 0 Å². The zero-order valence-electron chi connectivity index (χ0n) is 11.1. The van der Waals surface area contributed by atoms with Crippen LogP contribution in [0.25, 0.3) is 0 Å². The maximum absolute atomic E-state index is 14.3. The SMILES string of the molecule is COc1ccc(C)cc1C(N)c1ccc(Br)c(Cl)c1F. The minimum atomic E-state index is -0.643. The molecule has 5 heteroatoms. The first-order valence-electron chi connectivity index (χ1n) is 5.99. The number of nitrogens with two attached hydrogens (primary N) is 1. The largest absolute Gasteiger partial charge is 0.496 e. The highest BCUT2D eigenvalue weighted by atomic mass is 79.9. The monoisotopic (exact) mass is 357 g/mol. The Kier molecular flexibility index (Phi) is 4.68. The molecule has 0 amide bonds. The third-order valence-corrected chi connectivity index (χ3v) is 4.38. The second kappa shape index (κ2) is 6.12. The first-order valence-corrected chi connectivity index (χ1v) is 7.16. The third-order valence-electron chi connectivity index (χ3n) is 3.12. The topological polar surface area (TPSA) is 35.2 Å². The van der Waals surface area contributed by atoms with Crippen LogP contribution in [-0.4, -0.2) is 7.11 Å². The van der Waals surface area contributed by atoms with Crippen LogP contribution in [0.2, 0.25) is 5.02 Å². The molecular weight excluding hydrogens is 345 g/mol. The Bertz CT molecular complexity index is 648. The maximum Gasteiger partial charge on any atom is 0.148 e. The molecule has 0 saturated carbocycles. The van der Waals surface area contributed by atoms with Crippen LogP contribution in [0.3, 0.4) is 0 Å². The third kappa shape index (κ3) is 2.82. The number of halogens is 3. The highest BCUT2D eigenvalue weighted by Gasteiger charge is 2.20. The van der Waals surface area contributed by atoms with Gasteiger partial charge in [0, 0.05) is 15.6 Å². The van der Waals surface area contributed by atoms with Gasteiger partial charge >= 0.3 is 0 Å². The fraction of sp³-hybridized carbons (Fsp3) is 0.200. The van der Waals surface area contributed by atoms with Crippen molar-refractivity contribution in [2.75, 3.05) is 7.11 Å². The molecule has 0 heterocycles. The second-order valence-corrected chi connectivity index (χ2v) is 5.72. The van der Waals surface area contributed by atoms with E-state index in [4.69, 9.17) is 22.1 Å². The van der Waals surface area contributed by atoms with Crippen molar-refractivity contribution in [3.05, 3.63) is 62.3 Å². The molecule has 0 fully saturated rings. The molecule has 0 saturated heterocycles. The fourth-order valence-corrected chi connectivity index (χ4v) is 2.52. The van der Waals surface area contributed by atoms with Crippen LogP contribution in [0.4, 0.5) is 4.39 Å². The molecule has 0 spiro atoms. The smallest absolute Gasteiger partial charge is 0.148 e. The van der Waals surface area contributed by atoms with E-state index in [9.17, 15) is 4.39 Å². The van der Waals surface area contributed by atoms with Crippen LogP contribution >= 0.6 is 27.5 Å². The summed E-state index contributed by atoms with van der Waals surface area (Å²) < 4.78 is 20.0. The summed E-state index contributed by atoms with van der Waals surface area (Å²) in [5.74, 6) is 0.110. The number of hydrogen-bond acceptors (Lipinski definition) is 2. The summed E-state index contributed by atoms with van der Waals surface area (Å²) in [4.78, 5) is 0. The van der Waals surface area contributed by atoms with Gasteiger partial charge < -0.3 is 10.5 Å². The van der Waals surface area contributed by atoms with Crippen LogP contribution in [0.1, 0.15) is 22.7 Å². The van der Waals surface area contributed by atoms with Gasteiger partial charge in [0.1, 0.15) is 11.6 Å². The summed E-state index contributed by atoms with van der Waals surface area (Å²) in [6.45, 7) is 1.95. The van der Waals surface area contributed by atoms with Crippen LogP contribution in [0, 0.1) is 12.7 Å². The summed E-state index contributed by atoms with van der Waals surface area (Å²) in [5, 5.41) is 0.0320. The average Bonchev–Trinajstić information content (AvgIpc) is 2.44. The summed E-state index contributed by atoms with van der Waals surface area (Å²) in [6.07, 6.45) is 0. The van der Waals surface area contributed by atoms with Crippen LogP contribution in [0.15, 0.2) is 34.8 Å². The lowest BCUT2D eigenvalue weighted by Crippen LogP contribution is -2.15. The van der Waals surface area contributed by atoms with Crippen molar-refractivity contribution >= 4 is 27.5 Å². The Balaban J connectivity index is 2.54. The molecule has 1 unspecified atom stereocenters. The van der Waals surface area contributed by atoms with E-state index in [-0.39, 0.29) is 5.02 Å². The molecule has 0 bridgehead atoms. The molecule has 2 nitrogen and oxygen atoms in total. The fourth-order valence-electron chi connectivity index (χ4n) is 2.05. The van der Waals surface area contributed by atoms with Gasteiger partial charge in [0.15, 0.2) is 0 Å². The maximum atomic E-state index is 14.3. The van der Waals surface area contributed by atoms with Gasteiger partial charge in [-0.1, -0.05) is 35.4 Å². The molecule has 2 rings (SSSR count). The summed E-state index contributed by atoms with van der Waals surface area (Å²) in [7, 11) is 1.56. The van der Waals surface area contributed by atoms with Crippen LogP contribution < -0.4 is 10.5 Å². The van der Waals surface area contributed by atoms with E-state index in [1.807, 2.05) is 25.1 Å². The van der Waals surface area contributed by atoms with E-state index in [1.165, 1.54) is 0 Å². The Morgan fingerprint density at radius 1 is 1.25 bits per heavy atom. The van der Waals surface area contributed by atoms with Gasteiger partial charge in [-0.2, -0.15) is 0 Å². The molecular formula is C15H14BrClFNO. The Labute approximate surface area is 130 Å². The van der Waals surface area contributed by atoms with E-state index in [1.54, 1.807) is 19.2 Å². The summed E-state index contributed by atoms with van der Waals surface area (Å²) in [5.41, 5.74) is 8.28. The van der Waals surface area contributed by atoms with Crippen LogP contribution in [-0.2, 0) is 0 Å². The molecule has 2 aromatic carbocycles. The van der Waals surface area contributed by atoms with Gasteiger partial charge in [-0.15, -0.1) is 0 Å². The van der Waals surface area contributed by atoms with Gasteiger partial charge in [-0.25, -0.2) is 4.39 Å². The number of benzene rings is 2. The van der Waals surface area contributed by atoms with Crippen molar-refractivity contribution in [3.8, 4) is 5.75 Å². The number of methoxy groups -OCH3 is 1. The van der Waals surface area contributed by atoms with E-state index in [2.05, 4.69) is 15.9 Å². The van der Waals surface area contributed by atoms with Crippen molar-refractivity contribution in [2.45, 2.75) is 13.0 Å². The molecule has 2 N–H and O–H groups in total. The normalized spacial score (nSPS) is 12.3. The highest BCUT2D eigenvalue weighted by molar-refractivity contribution is 9.10. The Hall–Kier alpha value is -1.10. The van der Waals surface area contributed by atoms with Gasteiger partial charge in [-0.3, -0.25) is 0 Å². The first-order chi connectivity index (χ1) is 9.45. The van der Waals surface area contributed by atoms with Gasteiger partial charge in [-0.05, 0) is 35.0 Å². The van der Waals surface area contributed by atoms with Gasteiger partial charge in [0.25, 0.3) is 0 Å². The van der Waals surface area contributed by atoms with Crippen molar-refractivity contribution in [1.82, 2.24) is 0 Å². The molecule has 0 aliphatic rings. The molecule has 1 atom stereocenters. The Morgan fingerprint density at radius 3 is 2.60 bits per heavy atom. The second-order valence-electron chi connectivity index (χ2n) is 4.49. The summed E-state index contributed by atoms with van der Waals surface area (Å²) >= 11 is 9.10. The van der Waals surface area contributed by atoms with Crippen molar-refractivity contribution in [3.63, 3.8) is 0 Å². The van der Waals surface area contributed by atoms with E-state index in [0.29, 0.717) is 15.8 Å². The molecule has 2 aromatic rings. The van der Waals surface area contributed by atoms with Crippen molar-refractivity contribution in [1.29, 1.82) is 0 Å². The lowest BCUT2D eigenvalue weighted by atomic mass is 9.97. The van der Waals surface area contributed by atoms with Crippen molar-refractivity contribution < 1.29 is 9.13 Å². The first kappa shape index (κ1) is 15.3. The molecule has 0 radical (unpaired) electrons. The van der Waals surface area contributed by atoms with Crippen molar-refractivity contribution in [2.24, 2.45) is 5.73 Å². The lowest BCUT2D eigenvalue weighted by Gasteiger charge is -2.18. The van der Waals surface area contributed by atoms with Gasteiger partial charge in [0.05, 0.1) is 18.2 Å². The minimum absolute atomic E-state index is 0.0320. The predicted molar refractivity (Wildman–Crippen MR) is 82.9 cm³/mol. The molecule has 20 heavy (non-hydrogen) atoms. The van der Waals surface area contributed by atoms with E-state index < -0.39 is 11.9 Å². The Morgan fingerprint density at radius 2 is 1.95 bits per heavy atom.